The van der Waals surface area contributed by atoms with Crippen LogP contribution >= 0.6 is 11.3 Å². The van der Waals surface area contributed by atoms with Crippen molar-refractivity contribution in [1.29, 1.82) is 0 Å². The van der Waals surface area contributed by atoms with Gasteiger partial charge in [0.05, 0.1) is 17.7 Å². The number of amides is 1. The molecule has 5 nitrogen and oxygen atoms in total. The van der Waals surface area contributed by atoms with Crippen LogP contribution in [0.25, 0.3) is 0 Å². The van der Waals surface area contributed by atoms with Crippen LogP contribution in [-0.2, 0) is 10.4 Å². The summed E-state index contributed by atoms with van der Waals surface area (Å²) in [4.78, 5) is 13.4. The SMILES string of the molecule is COc1ccc([C@@](O)(C(=O)NNc2ccc(C)cc2)c2cccs2)cc1. The van der Waals surface area contributed by atoms with Gasteiger partial charge in [-0.1, -0.05) is 35.9 Å². The monoisotopic (exact) mass is 368 g/mol. The number of hydrogen-bond acceptors (Lipinski definition) is 5. The first-order chi connectivity index (χ1) is 12.5. The third kappa shape index (κ3) is 3.56. The Morgan fingerprint density at radius 2 is 1.77 bits per heavy atom. The molecule has 0 saturated heterocycles. The van der Waals surface area contributed by atoms with Gasteiger partial charge in [0, 0.05) is 0 Å². The summed E-state index contributed by atoms with van der Waals surface area (Å²) in [5.74, 6) is 0.0890. The number of benzene rings is 2. The number of ether oxygens (including phenoxy) is 1. The molecule has 0 aliphatic heterocycles. The van der Waals surface area contributed by atoms with Crippen LogP contribution in [0.15, 0.2) is 66.0 Å². The van der Waals surface area contributed by atoms with E-state index in [1.165, 1.54) is 11.3 Å². The van der Waals surface area contributed by atoms with Gasteiger partial charge in [-0.05, 0) is 48.2 Å². The molecule has 26 heavy (non-hydrogen) atoms. The minimum atomic E-state index is -1.81. The quantitative estimate of drug-likeness (QED) is 0.583. The van der Waals surface area contributed by atoms with E-state index < -0.39 is 11.5 Å². The fourth-order valence-corrected chi connectivity index (χ4v) is 3.40. The lowest BCUT2D eigenvalue weighted by Gasteiger charge is -2.27. The Balaban J connectivity index is 1.87. The number of thiophene rings is 1. The normalized spacial score (nSPS) is 12.9. The number of aryl methyl sites for hydroxylation is 1. The molecule has 134 valence electrons. The summed E-state index contributed by atoms with van der Waals surface area (Å²) in [6, 6.07) is 17.9. The maximum absolute atomic E-state index is 12.9. The summed E-state index contributed by atoms with van der Waals surface area (Å²) < 4.78 is 5.16. The molecule has 0 bridgehead atoms. The lowest BCUT2D eigenvalue weighted by molar-refractivity contribution is -0.135. The summed E-state index contributed by atoms with van der Waals surface area (Å²) >= 11 is 1.32. The van der Waals surface area contributed by atoms with Crippen molar-refractivity contribution in [3.63, 3.8) is 0 Å². The van der Waals surface area contributed by atoms with Crippen LogP contribution in [0.3, 0.4) is 0 Å². The van der Waals surface area contributed by atoms with Crippen LogP contribution in [0, 0.1) is 6.92 Å². The standard InChI is InChI=1S/C20H20N2O3S/c1-14-5-9-16(10-6-14)21-22-19(23)20(24,18-4-3-13-26-18)15-7-11-17(25-2)12-8-15/h3-13,21,24H,1-2H3,(H,22,23)/t20-/m0/s1. The van der Waals surface area contributed by atoms with Crippen LogP contribution in [0.1, 0.15) is 16.0 Å². The molecule has 0 aliphatic carbocycles. The molecule has 6 heteroatoms. The minimum Gasteiger partial charge on any atom is -0.497 e. The van der Waals surface area contributed by atoms with Crippen LogP contribution < -0.4 is 15.6 Å². The van der Waals surface area contributed by atoms with Gasteiger partial charge in [0.15, 0.2) is 0 Å². The molecule has 3 N–H and O–H groups in total. The highest BCUT2D eigenvalue weighted by molar-refractivity contribution is 7.10. The lowest BCUT2D eigenvalue weighted by Crippen LogP contribution is -2.47. The lowest BCUT2D eigenvalue weighted by atomic mass is 9.91. The first-order valence-electron chi connectivity index (χ1n) is 8.08. The number of hydrazine groups is 1. The molecule has 3 rings (SSSR count). The average molecular weight is 368 g/mol. The van der Waals surface area contributed by atoms with E-state index in [0.717, 1.165) is 11.3 Å². The second-order valence-corrected chi connectivity index (χ2v) is 6.81. The smallest absolute Gasteiger partial charge is 0.280 e. The van der Waals surface area contributed by atoms with Gasteiger partial charge in [0.25, 0.3) is 5.91 Å². The second-order valence-electron chi connectivity index (χ2n) is 5.86. The van der Waals surface area contributed by atoms with E-state index >= 15 is 0 Å². The Labute approximate surface area is 156 Å². The summed E-state index contributed by atoms with van der Waals surface area (Å²) in [6.07, 6.45) is 0. The van der Waals surface area contributed by atoms with E-state index in [0.29, 0.717) is 16.2 Å². The van der Waals surface area contributed by atoms with Crippen molar-refractivity contribution >= 4 is 22.9 Å². The predicted molar refractivity (Wildman–Crippen MR) is 103 cm³/mol. The Morgan fingerprint density at radius 1 is 1.08 bits per heavy atom. The van der Waals surface area contributed by atoms with Crippen molar-refractivity contribution in [2.75, 3.05) is 12.5 Å². The number of methoxy groups -OCH3 is 1. The van der Waals surface area contributed by atoms with Gasteiger partial charge in [0.1, 0.15) is 5.75 Å². The third-order valence-corrected chi connectivity index (χ3v) is 5.06. The summed E-state index contributed by atoms with van der Waals surface area (Å²) in [5, 5.41) is 13.1. The van der Waals surface area contributed by atoms with E-state index in [9.17, 15) is 9.90 Å². The van der Waals surface area contributed by atoms with E-state index in [1.807, 2.05) is 36.6 Å². The largest absolute Gasteiger partial charge is 0.497 e. The molecule has 1 amide bonds. The molecule has 3 aromatic rings. The predicted octanol–water partition coefficient (Wildman–Crippen LogP) is 3.44. The zero-order valence-electron chi connectivity index (χ0n) is 14.5. The number of hydrogen-bond donors (Lipinski definition) is 3. The molecule has 0 aliphatic rings. The fraction of sp³-hybridized carbons (Fsp3) is 0.150. The Morgan fingerprint density at radius 3 is 2.35 bits per heavy atom. The first kappa shape index (κ1) is 18.0. The summed E-state index contributed by atoms with van der Waals surface area (Å²) in [7, 11) is 1.57. The minimum absolute atomic E-state index is 0.462. The van der Waals surface area contributed by atoms with Gasteiger partial charge in [-0.25, -0.2) is 0 Å². The highest BCUT2D eigenvalue weighted by atomic mass is 32.1. The molecule has 0 spiro atoms. The number of carbonyl (C=O) groups excluding carboxylic acids is 1. The molecule has 0 radical (unpaired) electrons. The molecule has 0 saturated carbocycles. The van der Waals surface area contributed by atoms with Gasteiger partial charge in [0.2, 0.25) is 5.60 Å². The zero-order valence-corrected chi connectivity index (χ0v) is 15.3. The van der Waals surface area contributed by atoms with Gasteiger partial charge < -0.3 is 9.84 Å². The van der Waals surface area contributed by atoms with Gasteiger partial charge in [-0.3, -0.25) is 15.6 Å². The Bertz CT molecular complexity index is 861. The van der Waals surface area contributed by atoms with E-state index in [1.54, 1.807) is 43.5 Å². The molecular weight excluding hydrogens is 348 g/mol. The van der Waals surface area contributed by atoms with E-state index in [-0.39, 0.29) is 0 Å². The van der Waals surface area contributed by atoms with Crippen LogP contribution in [0.4, 0.5) is 5.69 Å². The molecular formula is C20H20N2O3S. The molecule has 2 aromatic carbocycles. The van der Waals surface area contributed by atoms with Gasteiger partial charge >= 0.3 is 0 Å². The average Bonchev–Trinajstić information content (AvgIpc) is 3.22. The molecule has 0 fully saturated rings. The van der Waals surface area contributed by atoms with Crippen molar-refractivity contribution < 1.29 is 14.6 Å². The summed E-state index contributed by atoms with van der Waals surface area (Å²) in [6.45, 7) is 1.99. The molecule has 1 heterocycles. The number of rotatable bonds is 6. The van der Waals surface area contributed by atoms with Crippen molar-refractivity contribution in [3.05, 3.63) is 82.0 Å². The van der Waals surface area contributed by atoms with Crippen LogP contribution in [0.2, 0.25) is 0 Å². The number of aliphatic hydroxyl groups is 1. The van der Waals surface area contributed by atoms with Gasteiger partial charge in [-0.15, -0.1) is 11.3 Å². The van der Waals surface area contributed by atoms with Crippen LogP contribution in [0.5, 0.6) is 5.75 Å². The van der Waals surface area contributed by atoms with Crippen molar-refractivity contribution in [2.24, 2.45) is 0 Å². The number of nitrogens with one attached hydrogen (secondary N) is 2. The highest BCUT2D eigenvalue weighted by Gasteiger charge is 2.41. The highest BCUT2D eigenvalue weighted by Crippen LogP contribution is 2.34. The third-order valence-electron chi connectivity index (χ3n) is 4.09. The fourth-order valence-electron chi connectivity index (χ4n) is 2.56. The van der Waals surface area contributed by atoms with Crippen molar-refractivity contribution in [2.45, 2.75) is 12.5 Å². The first-order valence-corrected chi connectivity index (χ1v) is 8.96. The number of carbonyl (C=O) groups is 1. The molecule has 0 unspecified atom stereocenters. The maximum Gasteiger partial charge on any atom is 0.280 e. The summed E-state index contributed by atoms with van der Waals surface area (Å²) in [5.41, 5.74) is 5.97. The topological polar surface area (TPSA) is 70.6 Å². The van der Waals surface area contributed by atoms with E-state index in [4.69, 9.17) is 4.74 Å². The van der Waals surface area contributed by atoms with Crippen molar-refractivity contribution in [3.8, 4) is 5.75 Å². The Kier molecular flexibility index (Phi) is 5.25. The van der Waals surface area contributed by atoms with E-state index in [2.05, 4.69) is 10.9 Å². The van der Waals surface area contributed by atoms with Gasteiger partial charge in [-0.2, -0.15) is 0 Å². The molecule has 1 atom stereocenters. The zero-order chi connectivity index (χ0) is 18.6. The van der Waals surface area contributed by atoms with Crippen molar-refractivity contribution in [1.82, 2.24) is 5.43 Å². The second kappa shape index (κ2) is 7.59. The Hall–Kier alpha value is -2.83. The molecule has 1 aromatic heterocycles. The maximum atomic E-state index is 12.9. The number of anilines is 1. The van der Waals surface area contributed by atoms with Crippen LogP contribution in [-0.4, -0.2) is 18.1 Å².